The molecule has 0 spiro atoms. The summed E-state index contributed by atoms with van der Waals surface area (Å²) in [5, 5.41) is 12.7. The first-order chi connectivity index (χ1) is 16.8. The summed E-state index contributed by atoms with van der Waals surface area (Å²) in [6, 6.07) is 5.16. The molecule has 1 heterocycles. The molecule has 0 fully saturated rings. The van der Waals surface area contributed by atoms with Crippen molar-refractivity contribution < 1.29 is 45.0 Å². The van der Waals surface area contributed by atoms with Crippen molar-refractivity contribution in [2.45, 2.75) is 11.1 Å². The fourth-order valence-electron chi connectivity index (χ4n) is 3.41. The molecule has 0 saturated carbocycles. The minimum absolute atomic E-state index is 0.163. The molecule has 1 aliphatic rings. The van der Waals surface area contributed by atoms with E-state index in [1.165, 1.54) is 0 Å². The summed E-state index contributed by atoms with van der Waals surface area (Å²) in [6.45, 7) is -0.433. The van der Waals surface area contributed by atoms with Gasteiger partial charge >= 0.3 is 6.18 Å². The number of carbonyl (C=O) groups is 1. The second kappa shape index (κ2) is 9.24. The van der Waals surface area contributed by atoms with E-state index in [2.05, 4.69) is 21.2 Å². The number of ether oxygens (including phenoxy) is 1. The van der Waals surface area contributed by atoms with Crippen molar-refractivity contribution in [1.29, 1.82) is 0 Å². The number of carbonyl (C=O) groups excluding carboxylic acids is 1. The molecule has 0 saturated heterocycles. The van der Waals surface area contributed by atoms with Crippen LogP contribution < -0.4 is 14.8 Å². The topological polar surface area (TPSA) is 105 Å². The van der Waals surface area contributed by atoms with Gasteiger partial charge in [-0.3, -0.25) is 9.52 Å². The highest BCUT2D eigenvalue weighted by molar-refractivity contribution is 9.10. The summed E-state index contributed by atoms with van der Waals surface area (Å²) in [6.07, 6.45) is -4.81. The second-order valence-electron chi connectivity index (χ2n) is 7.54. The summed E-state index contributed by atoms with van der Waals surface area (Å²) in [5.74, 6) is -4.46. The normalized spacial score (nSPS) is 15.4. The maximum atomic E-state index is 14.8. The lowest BCUT2D eigenvalue weighted by molar-refractivity contribution is -0.137. The van der Waals surface area contributed by atoms with Gasteiger partial charge in [0.1, 0.15) is 34.6 Å². The van der Waals surface area contributed by atoms with E-state index in [9.17, 15) is 40.3 Å². The Bertz CT molecular complexity index is 1500. The highest BCUT2D eigenvalue weighted by Gasteiger charge is 2.32. The molecule has 0 radical (unpaired) electrons. The third-order valence-corrected chi connectivity index (χ3v) is 7.11. The summed E-state index contributed by atoms with van der Waals surface area (Å²) >= 11 is 2.95. The molecule has 3 aromatic carbocycles. The number of phenols is 1. The Morgan fingerprint density at radius 3 is 2.42 bits per heavy atom. The van der Waals surface area contributed by atoms with Gasteiger partial charge in [0, 0.05) is 22.8 Å². The van der Waals surface area contributed by atoms with Crippen LogP contribution >= 0.6 is 15.9 Å². The molecule has 3 N–H and O–H groups in total. The van der Waals surface area contributed by atoms with Crippen LogP contribution in [0.15, 0.2) is 51.8 Å². The molecular weight excluding hydrogens is 579 g/mol. The highest BCUT2D eigenvalue weighted by Crippen LogP contribution is 2.40. The third-order valence-electron chi connectivity index (χ3n) is 5.12. The number of amides is 1. The van der Waals surface area contributed by atoms with Crippen molar-refractivity contribution in [3.05, 3.63) is 69.7 Å². The van der Waals surface area contributed by atoms with Crippen LogP contribution in [0.4, 0.5) is 27.6 Å². The smallest absolute Gasteiger partial charge is 0.416 e. The Hall–Kier alpha value is -3.39. The molecule has 0 aliphatic carbocycles. The first-order valence-electron chi connectivity index (χ1n) is 9.95. The monoisotopic (exact) mass is 592 g/mol. The van der Waals surface area contributed by atoms with Crippen LogP contribution in [0.5, 0.6) is 11.5 Å². The number of sulfonamides is 1. The third kappa shape index (κ3) is 4.95. The molecule has 1 aliphatic heterocycles. The molecule has 36 heavy (non-hydrogen) atoms. The second-order valence-corrected chi connectivity index (χ2v) is 10.0. The van der Waals surface area contributed by atoms with Gasteiger partial charge in [0.25, 0.3) is 15.9 Å². The predicted octanol–water partition coefficient (Wildman–Crippen LogP) is 5.04. The molecule has 1 amide bonds. The van der Waals surface area contributed by atoms with Gasteiger partial charge in [0.05, 0.1) is 22.3 Å². The summed E-state index contributed by atoms with van der Waals surface area (Å²) in [5.41, 5.74) is -3.20. The highest BCUT2D eigenvalue weighted by atomic mass is 79.9. The fourth-order valence-corrected chi connectivity index (χ4v) is 5.21. The van der Waals surface area contributed by atoms with Gasteiger partial charge in [0.15, 0.2) is 0 Å². The number of nitrogens with one attached hydrogen (secondary N) is 2. The minimum atomic E-state index is -4.81. The Balaban J connectivity index is 1.96. The lowest BCUT2D eigenvalue weighted by Crippen LogP contribution is -2.28. The van der Waals surface area contributed by atoms with Gasteiger partial charge in [-0.1, -0.05) is 0 Å². The van der Waals surface area contributed by atoms with Crippen LogP contribution in [-0.2, 0) is 16.2 Å². The molecule has 0 atom stereocenters. The zero-order valence-electron chi connectivity index (χ0n) is 17.7. The number of hydrogen-bond acceptors (Lipinski definition) is 5. The van der Waals surface area contributed by atoms with Crippen LogP contribution in [-0.4, -0.2) is 32.6 Å². The summed E-state index contributed by atoms with van der Waals surface area (Å²) in [4.78, 5) is 11.7. The van der Waals surface area contributed by atoms with Crippen molar-refractivity contribution in [3.8, 4) is 22.6 Å². The van der Waals surface area contributed by atoms with E-state index in [0.29, 0.717) is 24.3 Å². The Morgan fingerprint density at radius 1 is 1.00 bits per heavy atom. The molecule has 0 aromatic heterocycles. The van der Waals surface area contributed by atoms with Crippen LogP contribution in [0.25, 0.3) is 11.1 Å². The number of aromatic hydroxyl groups is 1. The van der Waals surface area contributed by atoms with Crippen molar-refractivity contribution >= 4 is 37.5 Å². The van der Waals surface area contributed by atoms with E-state index < -0.39 is 66.8 Å². The SMILES string of the molecule is O=C1NCCOc2ccc(C(F)(F)F)cc2-c2cc(c(F)cc2F)NS(=O)(=O)c2cc1cc(Br)c2O. The lowest BCUT2D eigenvalue weighted by atomic mass is 10.00. The van der Waals surface area contributed by atoms with Gasteiger partial charge in [-0.25, -0.2) is 17.2 Å². The van der Waals surface area contributed by atoms with Gasteiger partial charge in [0.2, 0.25) is 0 Å². The van der Waals surface area contributed by atoms with Gasteiger partial charge in [-0.05, 0) is 52.3 Å². The van der Waals surface area contributed by atoms with Gasteiger partial charge in [-0.15, -0.1) is 0 Å². The van der Waals surface area contributed by atoms with E-state index in [1.807, 2.05) is 4.72 Å². The summed E-state index contributed by atoms with van der Waals surface area (Å²) in [7, 11) is -4.78. The average molecular weight is 593 g/mol. The maximum absolute atomic E-state index is 14.8. The van der Waals surface area contributed by atoms with Crippen LogP contribution in [0, 0.1) is 11.6 Å². The molecule has 4 rings (SSSR count). The first kappa shape index (κ1) is 25.7. The van der Waals surface area contributed by atoms with E-state index in [-0.39, 0.29) is 28.9 Å². The lowest BCUT2D eigenvalue weighted by Gasteiger charge is -2.17. The number of alkyl halides is 3. The van der Waals surface area contributed by atoms with Crippen molar-refractivity contribution in [2.24, 2.45) is 0 Å². The Morgan fingerprint density at radius 2 is 1.72 bits per heavy atom. The number of rotatable bonds is 0. The molecule has 14 heteroatoms. The fraction of sp³-hybridized carbons (Fsp3) is 0.136. The molecular formula is C22H14BrF5N2O5S. The average Bonchev–Trinajstić information content (AvgIpc) is 2.79. The number of halogens is 6. The largest absolute Gasteiger partial charge is 0.505 e. The number of anilines is 1. The predicted molar refractivity (Wildman–Crippen MR) is 121 cm³/mol. The Labute approximate surface area is 209 Å². The van der Waals surface area contributed by atoms with E-state index in [1.54, 1.807) is 0 Å². The van der Waals surface area contributed by atoms with Gasteiger partial charge < -0.3 is 15.2 Å². The van der Waals surface area contributed by atoms with Crippen LogP contribution in [0.2, 0.25) is 0 Å². The standard InChI is InChI=1S/C22H14BrF5N2O5S/c23-14-5-10-6-19(20(14)31)36(33,34)30-17-8-12(15(24)9-16(17)25)13-7-11(22(26,27)28)1-2-18(13)35-4-3-29-21(10)32/h1-2,5-9,30-31H,3-4H2,(H,29,32). The van der Waals surface area contributed by atoms with E-state index >= 15 is 0 Å². The van der Waals surface area contributed by atoms with Crippen LogP contribution in [0.3, 0.4) is 0 Å². The molecule has 3 aromatic rings. The first-order valence-corrected chi connectivity index (χ1v) is 12.2. The van der Waals surface area contributed by atoms with E-state index in [4.69, 9.17) is 4.74 Å². The van der Waals surface area contributed by atoms with Crippen LogP contribution in [0.1, 0.15) is 15.9 Å². The minimum Gasteiger partial charge on any atom is -0.505 e. The Kier molecular flexibility index (Phi) is 6.60. The number of hydrogen-bond donors (Lipinski definition) is 3. The van der Waals surface area contributed by atoms with Crippen molar-refractivity contribution in [2.75, 3.05) is 17.9 Å². The van der Waals surface area contributed by atoms with Crippen molar-refractivity contribution in [1.82, 2.24) is 5.32 Å². The number of fused-ring (bicyclic) bond motifs is 6. The summed E-state index contributed by atoms with van der Waals surface area (Å²) < 4.78 is 103. The molecule has 4 bridgehead atoms. The zero-order valence-corrected chi connectivity index (χ0v) is 20.1. The number of benzene rings is 3. The molecule has 7 nitrogen and oxygen atoms in total. The zero-order chi connectivity index (χ0) is 26.4. The van der Waals surface area contributed by atoms with Crippen molar-refractivity contribution in [3.63, 3.8) is 0 Å². The van der Waals surface area contributed by atoms with E-state index in [0.717, 1.165) is 18.2 Å². The maximum Gasteiger partial charge on any atom is 0.416 e. The molecule has 0 unspecified atom stereocenters. The van der Waals surface area contributed by atoms with Gasteiger partial charge in [-0.2, -0.15) is 13.2 Å². The quantitative estimate of drug-likeness (QED) is 0.317. The number of phenolic OH excluding ortho intramolecular Hbond substituents is 1. The molecule has 190 valence electrons.